The molecule has 1 aromatic carbocycles. The predicted octanol–water partition coefficient (Wildman–Crippen LogP) is 2.73. The van der Waals surface area contributed by atoms with E-state index >= 15 is 0 Å². The van der Waals surface area contributed by atoms with Gasteiger partial charge in [-0.2, -0.15) is 5.26 Å². The molecule has 3 nitrogen and oxygen atoms in total. The van der Waals surface area contributed by atoms with Crippen molar-refractivity contribution in [3.63, 3.8) is 0 Å². The molecule has 17 heavy (non-hydrogen) atoms. The average Bonchev–Trinajstić information content (AvgIpc) is 2.76. The van der Waals surface area contributed by atoms with Crippen LogP contribution in [-0.2, 0) is 13.0 Å². The Morgan fingerprint density at radius 1 is 1.53 bits per heavy atom. The van der Waals surface area contributed by atoms with Crippen LogP contribution in [-0.4, -0.2) is 24.6 Å². The zero-order valence-corrected chi connectivity index (χ0v) is 11.5. The Balaban J connectivity index is 2.24. The highest BCUT2D eigenvalue weighted by Crippen LogP contribution is 2.33. The lowest BCUT2D eigenvalue weighted by Gasteiger charge is -2.18. The molecule has 2 rings (SSSR count). The summed E-state index contributed by atoms with van der Waals surface area (Å²) in [5.41, 5.74) is 2.44. The van der Waals surface area contributed by atoms with Crippen LogP contribution < -0.4 is 4.74 Å². The maximum absolute atomic E-state index is 8.76. The van der Waals surface area contributed by atoms with Gasteiger partial charge in [-0.3, -0.25) is 4.90 Å². The predicted molar refractivity (Wildman–Crippen MR) is 69.9 cm³/mol. The van der Waals surface area contributed by atoms with E-state index < -0.39 is 0 Å². The lowest BCUT2D eigenvalue weighted by Crippen LogP contribution is -2.23. The summed E-state index contributed by atoms with van der Waals surface area (Å²) in [7, 11) is 0. The molecule has 0 amide bonds. The molecule has 1 heterocycles. The second kappa shape index (κ2) is 5.52. The molecule has 0 N–H and O–H groups in total. The van der Waals surface area contributed by atoms with Crippen LogP contribution in [0.1, 0.15) is 18.1 Å². The first-order chi connectivity index (χ1) is 8.24. The van der Waals surface area contributed by atoms with Gasteiger partial charge < -0.3 is 4.74 Å². The number of nitrogens with zero attached hydrogens (tertiary/aromatic N) is 2. The first-order valence-corrected chi connectivity index (χ1v) is 6.57. The second-order valence-corrected chi connectivity index (χ2v) is 5.03. The van der Waals surface area contributed by atoms with Gasteiger partial charge in [-0.25, -0.2) is 0 Å². The minimum atomic E-state index is 0.456. The number of nitriles is 1. The largest absolute Gasteiger partial charge is 0.493 e. The molecular weight excluding hydrogens is 280 g/mol. The Bertz CT molecular complexity index is 453. The Labute approximate surface area is 110 Å². The summed E-state index contributed by atoms with van der Waals surface area (Å²) < 4.78 is 6.77. The van der Waals surface area contributed by atoms with Crippen LogP contribution in [0, 0.1) is 11.3 Å². The van der Waals surface area contributed by atoms with Crippen molar-refractivity contribution >= 4 is 15.9 Å². The zero-order chi connectivity index (χ0) is 12.3. The smallest absolute Gasteiger partial charge is 0.127 e. The van der Waals surface area contributed by atoms with Gasteiger partial charge in [0.2, 0.25) is 0 Å². The van der Waals surface area contributed by atoms with Gasteiger partial charge in [-0.05, 0) is 24.2 Å². The molecular formula is C13H15BrN2O. The summed E-state index contributed by atoms with van der Waals surface area (Å²) in [5.74, 6) is 1.02. The molecule has 0 aliphatic carbocycles. The van der Waals surface area contributed by atoms with Gasteiger partial charge in [0, 0.05) is 23.0 Å². The molecule has 0 radical (unpaired) electrons. The third-order valence-electron chi connectivity index (χ3n) is 2.96. The first-order valence-electron chi connectivity index (χ1n) is 5.78. The second-order valence-electron chi connectivity index (χ2n) is 4.11. The number of hydrogen-bond acceptors (Lipinski definition) is 3. The minimum Gasteiger partial charge on any atom is -0.493 e. The summed E-state index contributed by atoms with van der Waals surface area (Å²) in [6.45, 7) is 4.93. The monoisotopic (exact) mass is 294 g/mol. The van der Waals surface area contributed by atoms with E-state index in [1.54, 1.807) is 0 Å². The Morgan fingerprint density at radius 2 is 2.35 bits per heavy atom. The highest BCUT2D eigenvalue weighted by Gasteiger charge is 2.18. The van der Waals surface area contributed by atoms with Gasteiger partial charge in [0.15, 0.2) is 0 Å². The van der Waals surface area contributed by atoms with Gasteiger partial charge in [-0.1, -0.05) is 22.9 Å². The molecule has 0 atom stereocenters. The van der Waals surface area contributed by atoms with Crippen molar-refractivity contribution in [1.29, 1.82) is 5.26 Å². The van der Waals surface area contributed by atoms with Crippen molar-refractivity contribution < 1.29 is 4.74 Å². The van der Waals surface area contributed by atoms with E-state index in [1.807, 2.05) is 0 Å². The highest BCUT2D eigenvalue weighted by molar-refractivity contribution is 9.10. The van der Waals surface area contributed by atoms with Gasteiger partial charge in [0.25, 0.3) is 0 Å². The lowest BCUT2D eigenvalue weighted by atomic mass is 10.1. The Kier molecular flexibility index (Phi) is 4.03. The van der Waals surface area contributed by atoms with E-state index in [4.69, 9.17) is 10.00 Å². The van der Waals surface area contributed by atoms with Crippen LogP contribution in [0.15, 0.2) is 16.6 Å². The SMILES string of the molecule is CCN(CC#N)Cc1cc(Br)cc2c1OCC2. The average molecular weight is 295 g/mol. The molecule has 1 aromatic rings. The molecule has 0 fully saturated rings. The van der Waals surface area contributed by atoms with Crippen LogP contribution >= 0.6 is 15.9 Å². The fourth-order valence-corrected chi connectivity index (χ4v) is 2.64. The number of benzene rings is 1. The van der Waals surface area contributed by atoms with Crippen molar-refractivity contribution in [3.8, 4) is 11.8 Å². The molecule has 1 aliphatic rings. The third-order valence-corrected chi connectivity index (χ3v) is 3.42. The Morgan fingerprint density at radius 3 is 3.06 bits per heavy atom. The van der Waals surface area contributed by atoms with Crippen LogP contribution in [0.4, 0.5) is 0 Å². The van der Waals surface area contributed by atoms with E-state index in [2.05, 4.69) is 46.0 Å². The summed E-state index contributed by atoms with van der Waals surface area (Å²) in [4.78, 5) is 2.10. The topological polar surface area (TPSA) is 36.3 Å². The lowest BCUT2D eigenvalue weighted by molar-refractivity contribution is 0.301. The normalized spacial score (nSPS) is 13.3. The van der Waals surface area contributed by atoms with Gasteiger partial charge in [-0.15, -0.1) is 0 Å². The van der Waals surface area contributed by atoms with Crippen LogP contribution in [0.5, 0.6) is 5.75 Å². The maximum atomic E-state index is 8.76. The van der Waals surface area contributed by atoms with E-state index in [0.717, 1.165) is 36.3 Å². The van der Waals surface area contributed by atoms with Gasteiger partial charge >= 0.3 is 0 Å². The van der Waals surface area contributed by atoms with Crippen molar-refractivity contribution in [2.24, 2.45) is 0 Å². The molecule has 0 aromatic heterocycles. The van der Waals surface area contributed by atoms with Crippen molar-refractivity contribution in [1.82, 2.24) is 4.90 Å². The van der Waals surface area contributed by atoms with Crippen molar-refractivity contribution in [2.45, 2.75) is 19.9 Å². The van der Waals surface area contributed by atoms with Gasteiger partial charge in [0.1, 0.15) is 5.75 Å². The number of rotatable bonds is 4. The fourth-order valence-electron chi connectivity index (χ4n) is 2.08. The summed E-state index contributed by atoms with van der Waals surface area (Å²) in [6, 6.07) is 6.40. The summed E-state index contributed by atoms with van der Waals surface area (Å²) >= 11 is 3.53. The van der Waals surface area contributed by atoms with E-state index in [0.29, 0.717) is 6.54 Å². The highest BCUT2D eigenvalue weighted by atomic mass is 79.9. The molecule has 0 saturated carbocycles. The molecule has 0 saturated heterocycles. The van der Waals surface area contributed by atoms with Crippen LogP contribution in [0.2, 0.25) is 0 Å². The van der Waals surface area contributed by atoms with Crippen molar-refractivity contribution in [2.75, 3.05) is 19.7 Å². The molecule has 4 heteroatoms. The number of hydrogen-bond donors (Lipinski definition) is 0. The molecule has 0 spiro atoms. The zero-order valence-electron chi connectivity index (χ0n) is 9.87. The number of fused-ring (bicyclic) bond motifs is 1. The maximum Gasteiger partial charge on any atom is 0.127 e. The Hall–Kier alpha value is -1.05. The fraction of sp³-hybridized carbons (Fsp3) is 0.462. The standard InChI is InChI=1S/C13H15BrN2O/c1-2-16(5-4-15)9-11-8-12(14)7-10-3-6-17-13(10)11/h7-8H,2-3,5-6,9H2,1H3. The van der Waals surface area contributed by atoms with E-state index in [-0.39, 0.29) is 0 Å². The first kappa shape index (κ1) is 12.4. The number of halogens is 1. The molecule has 90 valence electrons. The molecule has 0 bridgehead atoms. The molecule has 0 unspecified atom stereocenters. The van der Waals surface area contributed by atoms with Crippen LogP contribution in [0.3, 0.4) is 0 Å². The summed E-state index contributed by atoms with van der Waals surface area (Å²) in [5, 5.41) is 8.76. The van der Waals surface area contributed by atoms with Crippen LogP contribution in [0.25, 0.3) is 0 Å². The molecule has 1 aliphatic heterocycles. The van der Waals surface area contributed by atoms with E-state index in [1.165, 1.54) is 11.1 Å². The van der Waals surface area contributed by atoms with E-state index in [9.17, 15) is 0 Å². The number of ether oxygens (including phenoxy) is 1. The minimum absolute atomic E-state index is 0.456. The quantitative estimate of drug-likeness (QED) is 0.801. The third kappa shape index (κ3) is 2.80. The van der Waals surface area contributed by atoms with Gasteiger partial charge in [0.05, 0.1) is 19.2 Å². The van der Waals surface area contributed by atoms with Crippen molar-refractivity contribution in [3.05, 3.63) is 27.7 Å². The summed E-state index contributed by atoms with van der Waals surface area (Å²) in [6.07, 6.45) is 0.978.